The van der Waals surface area contributed by atoms with Crippen LogP contribution >= 0.6 is 0 Å². The summed E-state index contributed by atoms with van der Waals surface area (Å²) >= 11 is 0. The Morgan fingerprint density at radius 1 is 0.929 bits per heavy atom. The molecule has 1 aromatic rings. The van der Waals surface area contributed by atoms with Crippen LogP contribution in [-0.4, -0.2) is 32.3 Å². The Balaban J connectivity index is 2.43. The Bertz CT molecular complexity index is 616. The van der Waals surface area contributed by atoms with E-state index in [9.17, 15) is 9.59 Å². The molecule has 156 valence electrons. The molecular weight excluding hydrogens is 360 g/mol. The molecule has 0 amide bonds. The van der Waals surface area contributed by atoms with E-state index in [0.29, 0.717) is 11.5 Å². The van der Waals surface area contributed by atoms with Crippen molar-refractivity contribution in [3.05, 3.63) is 30.4 Å². The number of hydrogen-bond acceptors (Lipinski definition) is 6. The second-order valence-electron chi connectivity index (χ2n) is 6.55. The van der Waals surface area contributed by atoms with Crippen LogP contribution in [0.15, 0.2) is 30.4 Å². The Kier molecular flexibility index (Phi) is 11.5. The highest BCUT2D eigenvalue weighted by molar-refractivity contribution is 5.93. The maximum absolute atomic E-state index is 12.0. The Morgan fingerprint density at radius 2 is 1.50 bits per heavy atom. The molecule has 0 aliphatic carbocycles. The predicted molar refractivity (Wildman–Crippen MR) is 108 cm³/mol. The largest absolute Gasteiger partial charge is 0.493 e. The molecule has 0 heterocycles. The van der Waals surface area contributed by atoms with Gasteiger partial charge in [0.1, 0.15) is 0 Å². The molecule has 0 spiro atoms. The van der Waals surface area contributed by atoms with Crippen LogP contribution < -0.4 is 14.2 Å². The molecule has 0 N–H and O–H groups in total. The molecule has 0 aliphatic heterocycles. The van der Waals surface area contributed by atoms with Crippen molar-refractivity contribution in [2.45, 2.75) is 64.9 Å². The van der Waals surface area contributed by atoms with Gasteiger partial charge in [-0.3, -0.25) is 0 Å². The molecule has 1 rings (SSSR count). The number of para-hydroxylation sites is 1. The van der Waals surface area contributed by atoms with E-state index in [1.807, 2.05) is 6.92 Å². The first-order chi connectivity index (χ1) is 13.5. The smallest absolute Gasteiger partial charge is 0.336 e. The van der Waals surface area contributed by atoms with Crippen molar-refractivity contribution >= 4 is 11.9 Å². The summed E-state index contributed by atoms with van der Waals surface area (Å²) in [6.45, 7) is 4.05. The van der Waals surface area contributed by atoms with Crippen LogP contribution in [0.5, 0.6) is 17.2 Å². The van der Waals surface area contributed by atoms with Gasteiger partial charge in [0.25, 0.3) is 0 Å². The van der Waals surface area contributed by atoms with Crippen LogP contribution in [-0.2, 0) is 14.3 Å². The van der Waals surface area contributed by atoms with E-state index in [4.69, 9.17) is 18.9 Å². The average molecular weight is 392 g/mol. The minimum atomic E-state index is -0.719. The molecule has 28 heavy (non-hydrogen) atoms. The van der Waals surface area contributed by atoms with E-state index in [-0.39, 0.29) is 11.9 Å². The number of methoxy groups -OCH3 is 2. The summed E-state index contributed by atoms with van der Waals surface area (Å²) in [7, 11) is 2.93. The van der Waals surface area contributed by atoms with Gasteiger partial charge in [0.15, 0.2) is 11.5 Å². The fraction of sp³-hybridized carbons (Fsp3) is 0.545. The molecule has 6 heteroatoms. The van der Waals surface area contributed by atoms with E-state index < -0.39 is 11.9 Å². The number of ether oxygens (including phenoxy) is 4. The number of carbonyl (C=O) groups excluding carboxylic acids is 2. The molecule has 0 fully saturated rings. The van der Waals surface area contributed by atoms with Gasteiger partial charge in [-0.2, -0.15) is 0 Å². The zero-order chi connectivity index (χ0) is 20.8. The van der Waals surface area contributed by atoms with Gasteiger partial charge in [-0.05, 0) is 31.9 Å². The highest BCUT2D eigenvalue weighted by Gasteiger charge is 2.14. The van der Waals surface area contributed by atoms with E-state index in [2.05, 4.69) is 6.92 Å². The van der Waals surface area contributed by atoms with Crippen molar-refractivity contribution in [2.24, 2.45) is 0 Å². The predicted octanol–water partition coefficient (Wildman–Crippen LogP) is 4.85. The molecular formula is C22H32O6. The molecule has 0 saturated heterocycles. The van der Waals surface area contributed by atoms with Crippen LogP contribution in [0.4, 0.5) is 0 Å². The fourth-order valence-corrected chi connectivity index (χ4v) is 2.70. The van der Waals surface area contributed by atoms with Gasteiger partial charge in [0.05, 0.1) is 20.3 Å². The molecule has 1 atom stereocenters. The first-order valence-corrected chi connectivity index (χ1v) is 9.83. The zero-order valence-corrected chi connectivity index (χ0v) is 17.4. The van der Waals surface area contributed by atoms with Crippen molar-refractivity contribution in [2.75, 3.05) is 14.2 Å². The number of hydrogen-bond donors (Lipinski definition) is 0. The van der Waals surface area contributed by atoms with Crippen molar-refractivity contribution in [3.63, 3.8) is 0 Å². The lowest BCUT2D eigenvalue weighted by Gasteiger charge is -2.12. The summed E-state index contributed by atoms with van der Waals surface area (Å²) < 4.78 is 20.9. The maximum Gasteiger partial charge on any atom is 0.336 e. The second-order valence-corrected chi connectivity index (χ2v) is 6.55. The van der Waals surface area contributed by atoms with Crippen LogP contribution in [0.2, 0.25) is 0 Å². The third-order valence-electron chi connectivity index (χ3n) is 4.22. The third-order valence-corrected chi connectivity index (χ3v) is 4.22. The quantitative estimate of drug-likeness (QED) is 0.207. The van der Waals surface area contributed by atoms with Gasteiger partial charge in [-0.1, -0.05) is 45.1 Å². The number of carbonyl (C=O) groups is 2. The van der Waals surface area contributed by atoms with Crippen LogP contribution in [0.3, 0.4) is 0 Å². The molecule has 1 aromatic carbocycles. The molecule has 0 radical (unpaired) electrons. The minimum Gasteiger partial charge on any atom is -0.493 e. The van der Waals surface area contributed by atoms with Crippen molar-refractivity contribution < 1.29 is 28.5 Å². The van der Waals surface area contributed by atoms with Gasteiger partial charge >= 0.3 is 11.9 Å². The van der Waals surface area contributed by atoms with Crippen molar-refractivity contribution in [1.82, 2.24) is 0 Å². The van der Waals surface area contributed by atoms with E-state index in [1.165, 1.54) is 39.9 Å². The molecule has 0 aliphatic rings. The number of benzene rings is 1. The van der Waals surface area contributed by atoms with Gasteiger partial charge < -0.3 is 18.9 Å². The molecule has 6 nitrogen and oxygen atoms in total. The normalized spacial score (nSPS) is 11.9. The highest BCUT2D eigenvalue weighted by Crippen LogP contribution is 2.36. The van der Waals surface area contributed by atoms with Crippen LogP contribution in [0.1, 0.15) is 58.8 Å². The topological polar surface area (TPSA) is 71.1 Å². The van der Waals surface area contributed by atoms with E-state index in [1.54, 1.807) is 18.2 Å². The van der Waals surface area contributed by atoms with Crippen LogP contribution in [0.25, 0.3) is 0 Å². The van der Waals surface area contributed by atoms with E-state index >= 15 is 0 Å². The lowest BCUT2D eigenvalue weighted by molar-refractivity contribution is -0.143. The lowest BCUT2D eigenvalue weighted by Crippen LogP contribution is -2.14. The molecule has 0 bridgehead atoms. The lowest BCUT2D eigenvalue weighted by atomic mass is 10.1. The summed E-state index contributed by atoms with van der Waals surface area (Å²) in [6, 6.07) is 5.01. The Labute approximate surface area is 167 Å². The molecule has 1 unspecified atom stereocenters. The molecule has 0 aromatic heterocycles. The van der Waals surface area contributed by atoms with Crippen molar-refractivity contribution in [3.8, 4) is 17.2 Å². The number of esters is 2. The Morgan fingerprint density at radius 3 is 2.11 bits per heavy atom. The number of rotatable bonds is 13. The van der Waals surface area contributed by atoms with Crippen molar-refractivity contribution in [1.29, 1.82) is 0 Å². The summed E-state index contributed by atoms with van der Waals surface area (Å²) in [5.41, 5.74) is 0. The first kappa shape index (κ1) is 23.5. The minimum absolute atomic E-state index is 0.159. The summed E-state index contributed by atoms with van der Waals surface area (Å²) in [6.07, 6.45) is 9.87. The van der Waals surface area contributed by atoms with Crippen LogP contribution in [0, 0.1) is 0 Å². The van der Waals surface area contributed by atoms with E-state index in [0.717, 1.165) is 31.4 Å². The van der Waals surface area contributed by atoms with Gasteiger partial charge in [0, 0.05) is 12.2 Å². The summed E-state index contributed by atoms with van der Waals surface area (Å²) in [5.74, 6) is -0.412. The summed E-state index contributed by atoms with van der Waals surface area (Å²) in [5, 5.41) is 0. The third kappa shape index (κ3) is 8.93. The monoisotopic (exact) mass is 392 g/mol. The average Bonchev–Trinajstić information content (AvgIpc) is 2.69. The summed E-state index contributed by atoms with van der Waals surface area (Å²) in [4.78, 5) is 23.9. The molecule has 0 saturated carbocycles. The van der Waals surface area contributed by atoms with Gasteiger partial charge in [-0.25, -0.2) is 9.59 Å². The first-order valence-electron chi connectivity index (χ1n) is 9.83. The Hall–Kier alpha value is -2.50. The number of unbranched alkanes of at least 4 members (excludes halogenated alkanes) is 5. The SMILES string of the molecule is CCCCCCCCC(C)OC(=O)/C=C/C(=O)Oc1c(OC)cccc1OC. The maximum atomic E-state index is 12.0. The standard InChI is InChI=1S/C22H32O6/c1-5-6-7-8-9-10-12-17(2)27-20(23)15-16-21(24)28-22-18(25-3)13-11-14-19(22)26-4/h11,13-17H,5-10,12H2,1-4H3/b16-15+. The highest BCUT2D eigenvalue weighted by atomic mass is 16.6. The zero-order valence-electron chi connectivity index (χ0n) is 17.4. The fourth-order valence-electron chi connectivity index (χ4n) is 2.70. The van der Waals surface area contributed by atoms with Gasteiger partial charge in [-0.15, -0.1) is 0 Å². The second kappa shape index (κ2) is 13.6. The van der Waals surface area contributed by atoms with Gasteiger partial charge in [0.2, 0.25) is 5.75 Å².